The van der Waals surface area contributed by atoms with Crippen LogP contribution in [0.2, 0.25) is 0 Å². The number of hydrogen-bond donors (Lipinski definition) is 1. The van der Waals surface area contributed by atoms with Gasteiger partial charge in [0.2, 0.25) is 0 Å². The van der Waals surface area contributed by atoms with E-state index in [1.807, 2.05) is 27.7 Å². The maximum Gasteiger partial charge on any atom is 0.478 e. The molecular weight excluding hydrogens is 317 g/mol. The van der Waals surface area contributed by atoms with E-state index in [1.54, 1.807) is 14.0 Å². The summed E-state index contributed by atoms with van der Waals surface area (Å²) in [4.78, 5) is 0. The first-order chi connectivity index (χ1) is 10.2. The van der Waals surface area contributed by atoms with Gasteiger partial charge in [0.25, 0.3) is 0 Å². The fraction of sp³-hybridized carbons (Fsp3) is 1.00. The monoisotopic (exact) mass is 341 g/mol. The Bertz CT molecular complexity index is 445. The average Bonchev–Trinajstić information content (AvgIpc) is 2.58. The first-order valence-electron chi connectivity index (χ1n) is 7.69. The molecule has 23 heavy (non-hydrogen) atoms. The highest BCUT2D eigenvalue weighted by Gasteiger charge is 2.73. The molecule has 2 rings (SSSR count). The number of alkyl halides is 4. The summed E-state index contributed by atoms with van der Waals surface area (Å²) in [6.07, 6.45) is -3.57. The Kier molecular flexibility index (Phi) is 4.59. The molecule has 134 valence electrons. The van der Waals surface area contributed by atoms with Gasteiger partial charge in [-0.2, -0.15) is 17.6 Å². The molecule has 2 unspecified atom stereocenters. The highest BCUT2D eigenvalue weighted by molar-refractivity contribution is 6.47. The largest absolute Gasteiger partial charge is 0.478 e. The van der Waals surface area contributed by atoms with Crippen molar-refractivity contribution in [1.82, 2.24) is 5.32 Å². The first-order valence-corrected chi connectivity index (χ1v) is 7.69. The zero-order valence-electron chi connectivity index (χ0n) is 14.3. The van der Waals surface area contributed by atoms with Crippen molar-refractivity contribution in [3.63, 3.8) is 0 Å². The number of hydrogen-bond acceptors (Lipinski definition) is 4. The van der Waals surface area contributed by atoms with Gasteiger partial charge in [-0.05, 0) is 41.7 Å². The van der Waals surface area contributed by atoms with Crippen LogP contribution in [0.1, 0.15) is 41.0 Å². The second kappa shape index (κ2) is 5.57. The van der Waals surface area contributed by atoms with Crippen molar-refractivity contribution in [2.24, 2.45) is 0 Å². The minimum atomic E-state index is -4.14. The van der Waals surface area contributed by atoms with Crippen molar-refractivity contribution in [2.75, 3.05) is 7.05 Å². The third kappa shape index (κ3) is 3.01. The molecule has 0 amide bonds. The average molecular weight is 341 g/mol. The fourth-order valence-electron chi connectivity index (χ4n) is 2.71. The van der Waals surface area contributed by atoms with E-state index < -0.39 is 54.7 Å². The summed E-state index contributed by atoms with van der Waals surface area (Å²) in [6.45, 7) is 9.01. The van der Waals surface area contributed by atoms with Crippen LogP contribution in [0.4, 0.5) is 17.6 Å². The minimum absolute atomic E-state index is 0.568. The second-order valence-electron chi connectivity index (χ2n) is 7.30. The van der Waals surface area contributed by atoms with Gasteiger partial charge in [-0.15, -0.1) is 0 Å². The summed E-state index contributed by atoms with van der Waals surface area (Å²) in [6, 6.07) is 0. The van der Waals surface area contributed by atoms with Crippen molar-refractivity contribution < 1.29 is 31.6 Å². The van der Waals surface area contributed by atoms with E-state index in [0.717, 1.165) is 0 Å². The number of likely N-dealkylation sites (N-methyl/N-ethyl adjacent to an activating group) is 1. The lowest BCUT2D eigenvalue weighted by molar-refractivity contribution is -0.347. The van der Waals surface area contributed by atoms with E-state index in [4.69, 9.17) is 14.0 Å². The first kappa shape index (κ1) is 19.0. The van der Waals surface area contributed by atoms with Crippen LogP contribution in [0.25, 0.3) is 0 Å². The molecule has 1 saturated carbocycles. The zero-order valence-corrected chi connectivity index (χ0v) is 14.3. The highest BCUT2D eigenvalue weighted by Crippen LogP contribution is 2.53. The molecule has 0 aromatic heterocycles. The standard InChI is InChI=1S/C14H24BF4NO3/c1-8(21-9-7-13(16,17)14(9,18)19)10(20-6)15-22-11(2,3)12(4,5)23-15/h8-10,20H,7H2,1-6H3/t8?,9?,10-/m1/s1. The molecule has 2 aliphatic rings. The Labute approximate surface area is 134 Å². The molecule has 1 heterocycles. The minimum Gasteiger partial charge on any atom is -0.402 e. The van der Waals surface area contributed by atoms with E-state index >= 15 is 0 Å². The van der Waals surface area contributed by atoms with Crippen LogP contribution in [0.5, 0.6) is 0 Å². The number of ether oxygens (including phenoxy) is 1. The van der Waals surface area contributed by atoms with E-state index in [2.05, 4.69) is 5.32 Å². The molecule has 0 aromatic carbocycles. The van der Waals surface area contributed by atoms with Gasteiger partial charge in [0, 0.05) is 0 Å². The van der Waals surface area contributed by atoms with E-state index in [9.17, 15) is 17.6 Å². The van der Waals surface area contributed by atoms with Crippen molar-refractivity contribution in [1.29, 1.82) is 0 Å². The van der Waals surface area contributed by atoms with Gasteiger partial charge in [-0.25, -0.2) is 0 Å². The van der Waals surface area contributed by atoms with Gasteiger partial charge >= 0.3 is 19.0 Å². The Balaban J connectivity index is 2.02. The van der Waals surface area contributed by atoms with E-state index in [-0.39, 0.29) is 0 Å². The molecule has 0 bridgehead atoms. The van der Waals surface area contributed by atoms with E-state index in [1.165, 1.54) is 0 Å². The zero-order chi connectivity index (χ0) is 17.8. The molecule has 0 radical (unpaired) electrons. The molecule has 3 atom stereocenters. The van der Waals surface area contributed by atoms with Crippen LogP contribution in [-0.4, -0.2) is 55.4 Å². The van der Waals surface area contributed by atoms with Crippen LogP contribution < -0.4 is 5.32 Å². The molecule has 1 aliphatic heterocycles. The number of halogens is 4. The van der Waals surface area contributed by atoms with Crippen molar-refractivity contribution in [3.05, 3.63) is 0 Å². The van der Waals surface area contributed by atoms with Crippen LogP contribution >= 0.6 is 0 Å². The molecule has 4 nitrogen and oxygen atoms in total. The SMILES string of the molecule is CN[C@@H](B1OC(C)(C)C(C)(C)O1)C(C)OC1CC(F)(F)C1(F)F. The lowest BCUT2D eigenvalue weighted by Gasteiger charge is -2.45. The van der Waals surface area contributed by atoms with E-state index in [0.29, 0.717) is 0 Å². The van der Waals surface area contributed by atoms with Crippen LogP contribution in [0.3, 0.4) is 0 Å². The van der Waals surface area contributed by atoms with Crippen molar-refractivity contribution in [2.45, 2.75) is 82.2 Å². The van der Waals surface area contributed by atoms with Crippen LogP contribution in [0, 0.1) is 0 Å². The predicted octanol–water partition coefficient (Wildman–Crippen LogP) is 2.65. The highest BCUT2D eigenvalue weighted by atomic mass is 19.3. The van der Waals surface area contributed by atoms with Gasteiger partial charge in [-0.3, -0.25) is 0 Å². The maximum atomic E-state index is 13.4. The van der Waals surface area contributed by atoms with Crippen molar-refractivity contribution in [3.8, 4) is 0 Å². The number of rotatable bonds is 5. The van der Waals surface area contributed by atoms with Gasteiger partial charge in [0.15, 0.2) is 0 Å². The fourth-order valence-corrected chi connectivity index (χ4v) is 2.71. The molecule has 9 heteroatoms. The Morgan fingerprint density at radius 2 is 1.57 bits per heavy atom. The van der Waals surface area contributed by atoms with Gasteiger partial charge in [0.05, 0.1) is 29.7 Å². The quantitative estimate of drug-likeness (QED) is 0.617. The predicted molar refractivity (Wildman–Crippen MR) is 77.8 cm³/mol. The third-order valence-electron chi connectivity index (χ3n) is 5.12. The van der Waals surface area contributed by atoms with Gasteiger partial charge in [0.1, 0.15) is 6.10 Å². The summed E-state index contributed by atoms with van der Waals surface area (Å²) < 4.78 is 69.5. The smallest absolute Gasteiger partial charge is 0.402 e. The maximum absolute atomic E-state index is 13.4. The topological polar surface area (TPSA) is 39.7 Å². The number of nitrogens with one attached hydrogen (secondary N) is 1. The Morgan fingerprint density at radius 1 is 1.09 bits per heavy atom. The normalized spacial score (nSPS) is 33.1. The lowest BCUT2D eigenvalue weighted by atomic mass is 9.75. The Hall–Kier alpha value is -0.375. The Morgan fingerprint density at radius 3 is 1.91 bits per heavy atom. The molecule has 2 fully saturated rings. The summed E-state index contributed by atoms with van der Waals surface area (Å²) in [5, 5.41) is 2.91. The summed E-state index contributed by atoms with van der Waals surface area (Å²) in [5.74, 6) is -8.71. The molecule has 0 aromatic rings. The van der Waals surface area contributed by atoms with Crippen molar-refractivity contribution >= 4 is 7.12 Å². The van der Waals surface area contributed by atoms with Gasteiger partial charge in [-0.1, -0.05) is 0 Å². The van der Waals surface area contributed by atoms with Gasteiger partial charge < -0.3 is 19.4 Å². The molecule has 1 saturated heterocycles. The molecule has 0 spiro atoms. The summed E-state index contributed by atoms with van der Waals surface area (Å²) in [7, 11) is 0.887. The molecular formula is C14H24BF4NO3. The molecule has 1 aliphatic carbocycles. The lowest BCUT2D eigenvalue weighted by Crippen LogP contribution is -2.65. The molecule has 1 N–H and O–H groups in total. The second-order valence-corrected chi connectivity index (χ2v) is 7.30. The summed E-state index contributed by atoms with van der Waals surface area (Å²) in [5.41, 5.74) is -1.17. The van der Waals surface area contributed by atoms with Crippen LogP contribution in [0.15, 0.2) is 0 Å². The third-order valence-corrected chi connectivity index (χ3v) is 5.12. The van der Waals surface area contributed by atoms with Crippen LogP contribution in [-0.2, 0) is 14.0 Å². The summed E-state index contributed by atoms with van der Waals surface area (Å²) >= 11 is 0.